The van der Waals surface area contributed by atoms with E-state index in [0.717, 1.165) is 84.7 Å². The molecule has 0 atom stereocenters. The Morgan fingerprint density at radius 3 is 2.50 bits per heavy atom. The Hall–Kier alpha value is -3.00. The van der Waals surface area contributed by atoms with Crippen LogP contribution in [0.5, 0.6) is 0 Å². The molecule has 5 rings (SSSR count). The fourth-order valence-corrected chi connectivity index (χ4v) is 5.85. The van der Waals surface area contributed by atoms with E-state index in [1.54, 1.807) is 6.20 Å². The summed E-state index contributed by atoms with van der Waals surface area (Å²) in [5.41, 5.74) is 4.47. The highest BCUT2D eigenvalue weighted by molar-refractivity contribution is 7.13. The van der Waals surface area contributed by atoms with E-state index in [1.165, 1.54) is 18.0 Å². The first-order chi connectivity index (χ1) is 16.5. The Bertz CT molecular complexity index is 1210. The van der Waals surface area contributed by atoms with Crippen LogP contribution in [-0.4, -0.2) is 52.3 Å². The molecule has 2 amide bonds. The van der Waals surface area contributed by atoms with Crippen LogP contribution in [0.25, 0.3) is 10.2 Å². The van der Waals surface area contributed by atoms with Crippen molar-refractivity contribution in [2.75, 3.05) is 36.4 Å². The third-order valence-electron chi connectivity index (χ3n) is 7.11. The largest absolute Gasteiger partial charge is 0.370 e. The maximum absolute atomic E-state index is 13.5. The van der Waals surface area contributed by atoms with Crippen molar-refractivity contribution in [3.8, 4) is 0 Å². The third-order valence-corrected chi connectivity index (χ3v) is 7.95. The number of hydrogen-bond acceptors (Lipinski definition) is 6. The van der Waals surface area contributed by atoms with Gasteiger partial charge in [0, 0.05) is 44.0 Å². The molecule has 7 nitrogen and oxygen atoms in total. The lowest BCUT2D eigenvalue weighted by Gasteiger charge is -2.35. The molecule has 1 N–H and O–H groups in total. The van der Waals surface area contributed by atoms with Crippen molar-refractivity contribution in [2.24, 2.45) is 5.92 Å². The highest BCUT2D eigenvalue weighted by Crippen LogP contribution is 2.37. The highest BCUT2D eigenvalue weighted by Gasteiger charge is 2.31. The van der Waals surface area contributed by atoms with Crippen molar-refractivity contribution in [2.45, 2.75) is 46.0 Å². The zero-order valence-electron chi connectivity index (χ0n) is 19.8. The minimum atomic E-state index is -0.0453. The zero-order chi connectivity index (χ0) is 23.7. The average molecular weight is 478 g/mol. The zero-order valence-corrected chi connectivity index (χ0v) is 20.7. The minimum Gasteiger partial charge on any atom is -0.370 e. The predicted octanol–water partition coefficient (Wildman–Crippen LogP) is 4.79. The molecule has 4 heterocycles. The number of likely N-dealkylation sites (tertiary alicyclic amines) is 1. The molecule has 0 unspecified atom stereocenters. The molecule has 0 radical (unpaired) electrons. The van der Waals surface area contributed by atoms with Gasteiger partial charge in [0.05, 0.1) is 22.3 Å². The van der Waals surface area contributed by atoms with Crippen molar-refractivity contribution in [1.29, 1.82) is 0 Å². The summed E-state index contributed by atoms with van der Waals surface area (Å²) in [4.78, 5) is 36.2. The Labute approximate surface area is 204 Å². The van der Waals surface area contributed by atoms with E-state index in [9.17, 15) is 9.59 Å². The number of para-hydroxylation sites is 1. The van der Waals surface area contributed by atoms with Crippen LogP contribution in [0.2, 0.25) is 0 Å². The van der Waals surface area contributed by atoms with Crippen LogP contribution >= 0.6 is 11.5 Å². The Morgan fingerprint density at radius 2 is 1.76 bits per heavy atom. The summed E-state index contributed by atoms with van der Waals surface area (Å²) >= 11 is 1.38. The van der Waals surface area contributed by atoms with Gasteiger partial charge < -0.3 is 15.1 Å². The number of nitrogens with one attached hydrogen (secondary N) is 1. The van der Waals surface area contributed by atoms with Crippen LogP contribution in [0, 0.1) is 19.8 Å². The van der Waals surface area contributed by atoms with Gasteiger partial charge in [-0.3, -0.25) is 9.59 Å². The van der Waals surface area contributed by atoms with Crippen LogP contribution in [0.3, 0.4) is 0 Å². The summed E-state index contributed by atoms with van der Waals surface area (Å²) in [5, 5.41) is 4.09. The van der Waals surface area contributed by atoms with Crippen LogP contribution in [0.4, 0.5) is 11.4 Å². The standard InChI is InChI=1S/C26H31N5O2S/c1-17-8-4-5-9-21(17)28-24(32)19-10-14-30(15-11-19)23-20(26(33)31-12-6-3-7-13-31)16-27-25-22(23)18(2)29-34-25/h4-5,8-9,16,19H,3,6-7,10-15H2,1-2H3,(H,28,32). The number of amides is 2. The van der Waals surface area contributed by atoms with Gasteiger partial charge in [-0.1, -0.05) is 18.2 Å². The molecule has 0 aliphatic carbocycles. The summed E-state index contributed by atoms with van der Waals surface area (Å²) in [6.45, 7) is 7.05. The molecule has 1 aromatic carbocycles. The number of carbonyl (C=O) groups is 2. The Morgan fingerprint density at radius 1 is 1.03 bits per heavy atom. The normalized spacial score (nSPS) is 17.2. The lowest BCUT2D eigenvalue weighted by atomic mass is 9.94. The van der Waals surface area contributed by atoms with E-state index in [2.05, 4.69) is 19.6 Å². The first kappa shape index (κ1) is 22.8. The number of aromatic nitrogens is 2. The summed E-state index contributed by atoms with van der Waals surface area (Å²) in [5.74, 6) is 0.0945. The topological polar surface area (TPSA) is 78.4 Å². The maximum Gasteiger partial charge on any atom is 0.257 e. The molecular weight excluding hydrogens is 446 g/mol. The predicted molar refractivity (Wildman–Crippen MR) is 137 cm³/mol. The van der Waals surface area contributed by atoms with Gasteiger partial charge in [0.2, 0.25) is 5.91 Å². The van der Waals surface area contributed by atoms with E-state index in [0.29, 0.717) is 5.56 Å². The number of fused-ring (bicyclic) bond motifs is 1. The number of benzene rings is 1. The summed E-state index contributed by atoms with van der Waals surface area (Å²) < 4.78 is 4.53. The summed E-state index contributed by atoms with van der Waals surface area (Å²) in [6.07, 6.45) is 6.52. The van der Waals surface area contributed by atoms with Gasteiger partial charge in [-0.05, 0) is 69.1 Å². The molecule has 2 aliphatic heterocycles. The molecule has 3 aromatic rings. The molecule has 34 heavy (non-hydrogen) atoms. The van der Waals surface area contributed by atoms with Gasteiger partial charge >= 0.3 is 0 Å². The fourth-order valence-electron chi connectivity index (χ4n) is 5.10. The van der Waals surface area contributed by atoms with E-state index in [4.69, 9.17) is 0 Å². The van der Waals surface area contributed by atoms with Gasteiger partial charge in [0.1, 0.15) is 4.83 Å². The molecular formula is C26H31N5O2S. The lowest BCUT2D eigenvalue weighted by molar-refractivity contribution is -0.120. The van der Waals surface area contributed by atoms with Crippen LogP contribution in [0.1, 0.15) is 53.7 Å². The van der Waals surface area contributed by atoms with E-state index in [-0.39, 0.29) is 17.7 Å². The van der Waals surface area contributed by atoms with Gasteiger partial charge in [0.15, 0.2) is 0 Å². The number of carbonyl (C=O) groups excluding carboxylic acids is 2. The maximum atomic E-state index is 13.5. The molecule has 8 heteroatoms. The molecule has 178 valence electrons. The lowest BCUT2D eigenvalue weighted by Crippen LogP contribution is -2.40. The molecule has 0 spiro atoms. The van der Waals surface area contributed by atoms with E-state index < -0.39 is 0 Å². The summed E-state index contributed by atoms with van der Waals surface area (Å²) in [6, 6.07) is 7.87. The van der Waals surface area contributed by atoms with E-state index in [1.807, 2.05) is 43.0 Å². The average Bonchev–Trinajstić information content (AvgIpc) is 3.26. The number of piperidine rings is 2. The van der Waals surface area contributed by atoms with Crippen LogP contribution in [-0.2, 0) is 4.79 Å². The van der Waals surface area contributed by atoms with Gasteiger partial charge in [0.25, 0.3) is 5.91 Å². The summed E-state index contributed by atoms with van der Waals surface area (Å²) in [7, 11) is 0. The SMILES string of the molecule is Cc1ccccc1NC(=O)C1CCN(c2c(C(=O)N3CCCCC3)cnc3snc(C)c23)CC1. The Kier molecular flexibility index (Phi) is 6.50. The second kappa shape index (κ2) is 9.70. The van der Waals surface area contributed by atoms with Gasteiger partial charge in [-0.2, -0.15) is 4.37 Å². The number of hydrogen-bond donors (Lipinski definition) is 1. The molecule has 0 saturated carbocycles. The quantitative estimate of drug-likeness (QED) is 0.585. The molecule has 2 fully saturated rings. The molecule has 2 saturated heterocycles. The van der Waals surface area contributed by atoms with Crippen molar-refractivity contribution < 1.29 is 9.59 Å². The monoisotopic (exact) mass is 477 g/mol. The molecule has 0 bridgehead atoms. The van der Waals surface area contributed by atoms with Crippen LogP contribution < -0.4 is 10.2 Å². The molecule has 2 aromatic heterocycles. The van der Waals surface area contributed by atoms with Gasteiger partial charge in [-0.15, -0.1) is 0 Å². The van der Waals surface area contributed by atoms with Crippen molar-refractivity contribution >= 4 is 44.9 Å². The fraction of sp³-hybridized carbons (Fsp3) is 0.462. The number of pyridine rings is 1. The third kappa shape index (κ3) is 4.39. The minimum absolute atomic E-state index is 0.0453. The van der Waals surface area contributed by atoms with Crippen molar-refractivity contribution in [3.05, 3.63) is 47.3 Å². The first-order valence-corrected chi connectivity index (χ1v) is 13.0. The van der Waals surface area contributed by atoms with Crippen molar-refractivity contribution in [1.82, 2.24) is 14.3 Å². The van der Waals surface area contributed by atoms with Crippen molar-refractivity contribution in [3.63, 3.8) is 0 Å². The number of nitrogens with zero attached hydrogens (tertiary/aromatic N) is 4. The number of rotatable bonds is 4. The van der Waals surface area contributed by atoms with Gasteiger partial charge in [-0.25, -0.2) is 4.98 Å². The second-order valence-corrected chi connectivity index (χ2v) is 10.1. The number of aryl methyl sites for hydroxylation is 2. The second-order valence-electron chi connectivity index (χ2n) is 9.39. The number of anilines is 2. The molecule has 2 aliphatic rings. The van der Waals surface area contributed by atoms with Crippen LogP contribution in [0.15, 0.2) is 30.5 Å². The highest BCUT2D eigenvalue weighted by atomic mass is 32.1. The smallest absolute Gasteiger partial charge is 0.257 e. The first-order valence-electron chi connectivity index (χ1n) is 12.2. The van der Waals surface area contributed by atoms with E-state index >= 15 is 0 Å². The Balaban J connectivity index is 1.38.